The average molecular weight is 270 g/mol. The van der Waals surface area contributed by atoms with E-state index in [0.29, 0.717) is 11.4 Å². The smallest absolute Gasteiger partial charge is 0.142 e. The van der Waals surface area contributed by atoms with E-state index in [1.54, 1.807) is 14.2 Å². The fourth-order valence-electron chi connectivity index (χ4n) is 1.86. The molecule has 0 saturated heterocycles. The van der Waals surface area contributed by atoms with Crippen LogP contribution in [-0.4, -0.2) is 14.2 Å². The molecule has 0 aliphatic carbocycles. The van der Waals surface area contributed by atoms with Gasteiger partial charge < -0.3 is 20.5 Å². The number of hydrogen-bond acceptors (Lipinski definition) is 4. The maximum atomic E-state index is 6.05. The van der Waals surface area contributed by atoms with Gasteiger partial charge >= 0.3 is 0 Å². The molecule has 0 fully saturated rings. The molecule has 0 aliphatic heterocycles. The number of nitrogen functional groups attached to an aromatic ring is 1. The summed E-state index contributed by atoms with van der Waals surface area (Å²) in [6, 6.07) is 13.3. The quantitative estimate of drug-likeness (QED) is 0.643. The van der Waals surface area contributed by atoms with Crippen LogP contribution in [0.4, 0.5) is 17.1 Å². The predicted molar refractivity (Wildman–Crippen MR) is 83.2 cm³/mol. The van der Waals surface area contributed by atoms with Crippen molar-refractivity contribution in [2.75, 3.05) is 25.3 Å². The molecule has 0 amide bonds. The molecule has 0 heterocycles. The number of methoxy groups -OCH3 is 2. The Morgan fingerprint density at radius 3 is 2.50 bits per heavy atom. The van der Waals surface area contributed by atoms with Crippen LogP contribution in [0.5, 0.6) is 5.75 Å². The fraction of sp³-hybridized carbons (Fsp3) is 0.125. The van der Waals surface area contributed by atoms with Crippen LogP contribution < -0.4 is 15.8 Å². The highest BCUT2D eigenvalue weighted by atomic mass is 16.5. The molecule has 0 radical (unpaired) electrons. The van der Waals surface area contributed by atoms with Crippen molar-refractivity contribution in [3.05, 3.63) is 54.6 Å². The Bertz CT molecular complexity index is 624. The molecule has 2 aromatic rings. The summed E-state index contributed by atoms with van der Waals surface area (Å²) in [7, 11) is 3.22. The minimum absolute atomic E-state index is 0.584. The zero-order chi connectivity index (χ0) is 14.5. The number of benzene rings is 2. The normalized spacial score (nSPS) is 9.90. The second-order valence-corrected chi connectivity index (χ2v) is 4.25. The zero-order valence-corrected chi connectivity index (χ0v) is 11.6. The van der Waals surface area contributed by atoms with Gasteiger partial charge in [0.2, 0.25) is 0 Å². The summed E-state index contributed by atoms with van der Waals surface area (Å²) in [6.45, 7) is 3.81. The Hall–Kier alpha value is -2.62. The zero-order valence-electron chi connectivity index (χ0n) is 11.6. The predicted octanol–water partition coefficient (Wildman–Crippen LogP) is 3.64. The minimum Gasteiger partial charge on any atom is -0.497 e. The van der Waals surface area contributed by atoms with E-state index < -0.39 is 0 Å². The molecular weight excluding hydrogens is 252 g/mol. The first kappa shape index (κ1) is 13.8. The van der Waals surface area contributed by atoms with Crippen molar-refractivity contribution in [1.82, 2.24) is 0 Å². The van der Waals surface area contributed by atoms with Crippen LogP contribution in [0.25, 0.3) is 5.76 Å². The van der Waals surface area contributed by atoms with Crippen LogP contribution in [0.3, 0.4) is 0 Å². The van der Waals surface area contributed by atoms with E-state index in [9.17, 15) is 0 Å². The van der Waals surface area contributed by atoms with Gasteiger partial charge in [-0.15, -0.1) is 0 Å². The summed E-state index contributed by atoms with van der Waals surface area (Å²) < 4.78 is 10.4. The van der Waals surface area contributed by atoms with Gasteiger partial charge in [-0.25, -0.2) is 0 Å². The number of para-hydroxylation sites is 2. The monoisotopic (exact) mass is 270 g/mol. The number of anilines is 3. The van der Waals surface area contributed by atoms with E-state index in [1.807, 2.05) is 42.5 Å². The summed E-state index contributed by atoms with van der Waals surface area (Å²) in [5, 5.41) is 3.26. The lowest BCUT2D eigenvalue weighted by Crippen LogP contribution is -1.99. The fourth-order valence-corrected chi connectivity index (χ4v) is 1.86. The first-order chi connectivity index (χ1) is 9.65. The number of nitrogens with one attached hydrogen (secondary N) is 1. The third-order valence-corrected chi connectivity index (χ3v) is 3.00. The first-order valence-corrected chi connectivity index (χ1v) is 6.18. The van der Waals surface area contributed by atoms with Crippen molar-refractivity contribution in [1.29, 1.82) is 0 Å². The Labute approximate surface area is 118 Å². The van der Waals surface area contributed by atoms with E-state index in [-0.39, 0.29) is 0 Å². The van der Waals surface area contributed by atoms with Crippen LogP contribution in [0, 0.1) is 0 Å². The molecule has 0 atom stereocenters. The Morgan fingerprint density at radius 2 is 1.85 bits per heavy atom. The van der Waals surface area contributed by atoms with E-state index in [0.717, 1.165) is 22.7 Å². The molecule has 0 aromatic heterocycles. The van der Waals surface area contributed by atoms with E-state index in [1.165, 1.54) is 0 Å². The summed E-state index contributed by atoms with van der Waals surface area (Å²) in [4.78, 5) is 0. The van der Waals surface area contributed by atoms with Crippen molar-refractivity contribution < 1.29 is 9.47 Å². The van der Waals surface area contributed by atoms with E-state index in [4.69, 9.17) is 15.2 Å². The molecular formula is C16H18N2O2. The SMILES string of the molecule is C=C(OC)c1ccc(Nc2ccccc2OC)c(N)c1. The minimum atomic E-state index is 0.584. The van der Waals surface area contributed by atoms with Crippen LogP contribution >= 0.6 is 0 Å². The van der Waals surface area contributed by atoms with Gasteiger partial charge in [0.05, 0.1) is 31.3 Å². The highest BCUT2D eigenvalue weighted by molar-refractivity contribution is 5.78. The standard InChI is InChI=1S/C16H18N2O2/c1-11(19-2)12-8-9-14(13(17)10-12)18-15-6-4-5-7-16(15)20-3/h4-10,18H,1,17H2,2-3H3. The molecule has 0 bridgehead atoms. The van der Waals surface area contributed by atoms with Gasteiger partial charge in [-0.2, -0.15) is 0 Å². The molecule has 0 spiro atoms. The molecule has 0 aliphatic rings. The largest absolute Gasteiger partial charge is 0.497 e. The number of rotatable bonds is 5. The highest BCUT2D eigenvalue weighted by Crippen LogP contribution is 2.31. The summed E-state index contributed by atoms with van der Waals surface area (Å²) >= 11 is 0. The van der Waals surface area contributed by atoms with Gasteiger partial charge in [-0.05, 0) is 30.3 Å². The van der Waals surface area contributed by atoms with Crippen molar-refractivity contribution in [3.8, 4) is 5.75 Å². The van der Waals surface area contributed by atoms with Gasteiger partial charge in [0.1, 0.15) is 11.5 Å². The number of nitrogens with two attached hydrogens (primary N) is 1. The number of ether oxygens (including phenoxy) is 2. The third-order valence-electron chi connectivity index (χ3n) is 3.00. The van der Waals surface area contributed by atoms with Gasteiger partial charge in [-0.1, -0.05) is 18.7 Å². The molecule has 0 unspecified atom stereocenters. The van der Waals surface area contributed by atoms with Crippen LogP contribution in [0.1, 0.15) is 5.56 Å². The van der Waals surface area contributed by atoms with E-state index in [2.05, 4.69) is 11.9 Å². The molecule has 2 rings (SSSR count). The highest BCUT2D eigenvalue weighted by Gasteiger charge is 2.06. The third kappa shape index (κ3) is 2.85. The first-order valence-electron chi connectivity index (χ1n) is 6.18. The Morgan fingerprint density at radius 1 is 1.10 bits per heavy atom. The van der Waals surface area contributed by atoms with Gasteiger partial charge in [0.25, 0.3) is 0 Å². The Balaban J connectivity index is 2.28. The molecule has 2 aromatic carbocycles. The second-order valence-electron chi connectivity index (χ2n) is 4.25. The van der Waals surface area contributed by atoms with Gasteiger partial charge in [0, 0.05) is 5.56 Å². The Kier molecular flexibility index (Phi) is 4.15. The van der Waals surface area contributed by atoms with Crippen molar-refractivity contribution >= 4 is 22.8 Å². The summed E-state index contributed by atoms with van der Waals surface area (Å²) in [5.41, 5.74) is 9.20. The van der Waals surface area contributed by atoms with Crippen LogP contribution in [-0.2, 0) is 4.74 Å². The molecule has 0 saturated carbocycles. The van der Waals surface area contributed by atoms with Crippen LogP contribution in [0.2, 0.25) is 0 Å². The van der Waals surface area contributed by atoms with Gasteiger partial charge in [-0.3, -0.25) is 0 Å². The molecule has 4 heteroatoms. The second kappa shape index (κ2) is 6.02. The molecule has 104 valence electrons. The topological polar surface area (TPSA) is 56.5 Å². The lowest BCUT2D eigenvalue weighted by atomic mass is 10.1. The average Bonchev–Trinajstić information content (AvgIpc) is 2.49. The molecule has 4 nitrogen and oxygen atoms in total. The lowest BCUT2D eigenvalue weighted by Gasteiger charge is -2.14. The van der Waals surface area contributed by atoms with Crippen molar-refractivity contribution in [3.63, 3.8) is 0 Å². The van der Waals surface area contributed by atoms with E-state index >= 15 is 0 Å². The van der Waals surface area contributed by atoms with Crippen molar-refractivity contribution in [2.24, 2.45) is 0 Å². The van der Waals surface area contributed by atoms with Gasteiger partial charge in [0.15, 0.2) is 0 Å². The molecule has 3 N–H and O–H groups in total. The molecule has 20 heavy (non-hydrogen) atoms. The van der Waals surface area contributed by atoms with Crippen molar-refractivity contribution in [2.45, 2.75) is 0 Å². The summed E-state index contributed by atoms with van der Waals surface area (Å²) in [6.07, 6.45) is 0. The maximum Gasteiger partial charge on any atom is 0.142 e. The van der Waals surface area contributed by atoms with Crippen LogP contribution in [0.15, 0.2) is 49.0 Å². The maximum absolute atomic E-state index is 6.05. The summed E-state index contributed by atoms with van der Waals surface area (Å²) in [5.74, 6) is 1.35. The number of hydrogen-bond donors (Lipinski definition) is 2. The lowest BCUT2D eigenvalue weighted by molar-refractivity contribution is 0.371.